The van der Waals surface area contributed by atoms with Crippen molar-refractivity contribution in [2.24, 2.45) is 0 Å². The van der Waals surface area contributed by atoms with Crippen LogP contribution < -0.4 is 10.1 Å². The maximum Gasteiger partial charge on any atom is 0.342 e. The third kappa shape index (κ3) is 5.91. The van der Waals surface area contributed by atoms with E-state index in [1.807, 2.05) is 6.92 Å². The molecule has 0 atom stereocenters. The van der Waals surface area contributed by atoms with E-state index in [2.05, 4.69) is 5.32 Å². The van der Waals surface area contributed by atoms with Crippen LogP contribution in [0, 0.1) is 5.82 Å². The average Bonchev–Trinajstić information content (AvgIpc) is 2.62. The molecule has 1 amide bonds. The largest absolute Gasteiger partial charge is 0.493 e. The van der Waals surface area contributed by atoms with Crippen LogP contribution >= 0.6 is 0 Å². The van der Waals surface area contributed by atoms with Crippen molar-refractivity contribution in [3.05, 3.63) is 65.5 Å². The minimum absolute atomic E-state index is 0.281. The molecule has 0 aliphatic carbocycles. The first-order chi connectivity index (χ1) is 12.1. The van der Waals surface area contributed by atoms with Crippen LogP contribution in [-0.4, -0.2) is 31.6 Å². The van der Waals surface area contributed by atoms with E-state index in [1.165, 1.54) is 12.1 Å². The van der Waals surface area contributed by atoms with Gasteiger partial charge in [0.2, 0.25) is 0 Å². The van der Waals surface area contributed by atoms with Crippen molar-refractivity contribution in [1.29, 1.82) is 0 Å². The van der Waals surface area contributed by atoms with Crippen LogP contribution in [0.1, 0.15) is 22.8 Å². The first-order valence-corrected chi connectivity index (χ1v) is 8.00. The van der Waals surface area contributed by atoms with E-state index in [4.69, 9.17) is 9.47 Å². The minimum atomic E-state index is -0.613. The van der Waals surface area contributed by atoms with Crippen molar-refractivity contribution in [3.8, 4) is 5.75 Å². The number of nitrogens with one attached hydrogen (secondary N) is 1. The number of ether oxygens (including phenoxy) is 2. The Kier molecular flexibility index (Phi) is 6.95. The van der Waals surface area contributed by atoms with Gasteiger partial charge in [0.15, 0.2) is 6.61 Å². The summed E-state index contributed by atoms with van der Waals surface area (Å²) < 4.78 is 23.2. The summed E-state index contributed by atoms with van der Waals surface area (Å²) in [6.07, 6.45) is 0.563. The lowest BCUT2D eigenvalue weighted by molar-refractivity contribution is -0.124. The SMILES string of the molecule is CCOc1ccccc1C(=O)OCC(=O)NCCc1ccc(F)cc1. The lowest BCUT2D eigenvalue weighted by Crippen LogP contribution is -2.30. The summed E-state index contributed by atoms with van der Waals surface area (Å²) in [5.41, 5.74) is 1.19. The zero-order valence-corrected chi connectivity index (χ0v) is 14.0. The Balaban J connectivity index is 1.76. The number of hydrogen-bond acceptors (Lipinski definition) is 4. The number of esters is 1. The van der Waals surface area contributed by atoms with Crippen LogP contribution in [-0.2, 0) is 16.0 Å². The Labute approximate surface area is 145 Å². The van der Waals surface area contributed by atoms with Gasteiger partial charge in [0.05, 0.1) is 6.61 Å². The fourth-order valence-corrected chi connectivity index (χ4v) is 2.17. The van der Waals surface area contributed by atoms with Crippen LogP contribution in [0.25, 0.3) is 0 Å². The predicted molar refractivity (Wildman–Crippen MR) is 91.0 cm³/mol. The van der Waals surface area contributed by atoms with Gasteiger partial charge in [0, 0.05) is 6.54 Å². The normalized spacial score (nSPS) is 10.2. The first-order valence-electron chi connectivity index (χ1n) is 8.00. The molecule has 0 unspecified atom stereocenters. The van der Waals surface area contributed by atoms with Gasteiger partial charge in [-0.15, -0.1) is 0 Å². The molecule has 0 fully saturated rings. The first kappa shape index (κ1) is 18.4. The van der Waals surface area contributed by atoms with Gasteiger partial charge in [0.25, 0.3) is 5.91 Å². The summed E-state index contributed by atoms with van der Waals surface area (Å²) in [5, 5.41) is 2.65. The average molecular weight is 345 g/mol. The molecular formula is C19H20FNO4. The number of para-hydroxylation sites is 1. The summed E-state index contributed by atoms with van der Waals surface area (Å²) in [7, 11) is 0. The lowest BCUT2D eigenvalue weighted by Gasteiger charge is -2.10. The van der Waals surface area contributed by atoms with E-state index in [0.717, 1.165) is 5.56 Å². The van der Waals surface area contributed by atoms with Gasteiger partial charge in [-0.05, 0) is 43.2 Å². The summed E-state index contributed by atoms with van der Waals surface area (Å²) in [5.74, 6) is -0.888. The molecular weight excluding hydrogens is 325 g/mol. The van der Waals surface area contributed by atoms with Crippen molar-refractivity contribution in [1.82, 2.24) is 5.32 Å². The standard InChI is InChI=1S/C19H20FNO4/c1-2-24-17-6-4-3-5-16(17)19(23)25-13-18(22)21-12-11-14-7-9-15(20)10-8-14/h3-10H,2,11-13H2,1H3,(H,21,22). The fourth-order valence-electron chi connectivity index (χ4n) is 2.17. The van der Waals surface area contributed by atoms with E-state index >= 15 is 0 Å². The van der Waals surface area contributed by atoms with Gasteiger partial charge in [-0.1, -0.05) is 24.3 Å². The topological polar surface area (TPSA) is 64.6 Å². The molecule has 1 N–H and O–H groups in total. The number of rotatable bonds is 8. The predicted octanol–water partition coefficient (Wildman–Crippen LogP) is 2.74. The molecule has 0 aliphatic rings. The fraction of sp³-hybridized carbons (Fsp3) is 0.263. The highest BCUT2D eigenvalue weighted by Gasteiger charge is 2.14. The van der Waals surface area contributed by atoms with Gasteiger partial charge in [0.1, 0.15) is 17.1 Å². The molecule has 132 valence electrons. The van der Waals surface area contributed by atoms with Crippen molar-refractivity contribution >= 4 is 11.9 Å². The number of carbonyl (C=O) groups is 2. The summed E-state index contributed by atoms with van der Waals surface area (Å²) in [6, 6.07) is 12.8. The van der Waals surface area contributed by atoms with Crippen molar-refractivity contribution in [2.75, 3.05) is 19.8 Å². The zero-order chi connectivity index (χ0) is 18.1. The highest BCUT2D eigenvalue weighted by Crippen LogP contribution is 2.18. The van der Waals surface area contributed by atoms with E-state index < -0.39 is 11.9 Å². The molecule has 0 heterocycles. The second-order valence-corrected chi connectivity index (χ2v) is 5.23. The molecule has 0 bridgehead atoms. The van der Waals surface area contributed by atoms with Crippen LogP contribution in [0.3, 0.4) is 0 Å². The summed E-state index contributed by atoms with van der Waals surface area (Å²) in [4.78, 5) is 23.8. The Morgan fingerprint density at radius 1 is 1.08 bits per heavy atom. The minimum Gasteiger partial charge on any atom is -0.493 e. The number of halogens is 1. The van der Waals surface area contributed by atoms with Crippen molar-refractivity contribution < 1.29 is 23.5 Å². The van der Waals surface area contributed by atoms with Gasteiger partial charge >= 0.3 is 5.97 Å². The Bertz CT molecular complexity index is 716. The monoisotopic (exact) mass is 345 g/mol. The molecule has 2 aromatic carbocycles. The zero-order valence-electron chi connectivity index (χ0n) is 14.0. The Hall–Kier alpha value is -2.89. The van der Waals surface area contributed by atoms with Crippen LogP contribution in [0.4, 0.5) is 4.39 Å². The molecule has 6 heteroatoms. The lowest BCUT2D eigenvalue weighted by atomic mass is 10.1. The number of amides is 1. The molecule has 2 rings (SSSR count). The Morgan fingerprint density at radius 2 is 1.80 bits per heavy atom. The van der Waals surface area contributed by atoms with E-state index in [1.54, 1.807) is 36.4 Å². The third-order valence-electron chi connectivity index (χ3n) is 3.39. The van der Waals surface area contributed by atoms with Crippen molar-refractivity contribution in [2.45, 2.75) is 13.3 Å². The molecule has 0 saturated carbocycles. The number of carbonyl (C=O) groups excluding carboxylic acids is 2. The quantitative estimate of drug-likeness (QED) is 0.747. The smallest absolute Gasteiger partial charge is 0.342 e. The third-order valence-corrected chi connectivity index (χ3v) is 3.39. The molecule has 0 radical (unpaired) electrons. The van der Waals surface area contributed by atoms with E-state index in [9.17, 15) is 14.0 Å². The van der Waals surface area contributed by atoms with E-state index in [0.29, 0.717) is 25.3 Å². The van der Waals surface area contributed by atoms with Crippen LogP contribution in [0.2, 0.25) is 0 Å². The van der Waals surface area contributed by atoms with Crippen molar-refractivity contribution in [3.63, 3.8) is 0 Å². The number of benzene rings is 2. The Morgan fingerprint density at radius 3 is 2.52 bits per heavy atom. The van der Waals surface area contributed by atoms with Gasteiger partial charge in [-0.25, -0.2) is 9.18 Å². The second-order valence-electron chi connectivity index (χ2n) is 5.23. The highest BCUT2D eigenvalue weighted by atomic mass is 19.1. The molecule has 5 nitrogen and oxygen atoms in total. The van der Waals surface area contributed by atoms with E-state index in [-0.39, 0.29) is 18.0 Å². The maximum absolute atomic E-state index is 12.8. The molecule has 0 aliphatic heterocycles. The van der Waals surface area contributed by atoms with Crippen LogP contribution in [0.5, 0.6) is 5.75 Å². The van der Waals surface area contributed by atoms with Crippen LogP contribution in [0.15, 0.2) is 48.5 Å². The highest BCUT2D eigenvalue weighted by molar-refractivity contribution is 5.93. The summed E-state index contributed by atoms with van der Waals surface area (Å²) in [6.45, 7) is 2.24. The molecule has 0 spiro atoms. The van der Waals surface area contributed by atoms with Gasteiger partial charge < -0.3 is 14.8 Å². The number of hydrogen-bond donors (Lipinski definition) is 1. The van der Waals surface area contributed by atoms with Gasteiger partial charge in [-0.3, -0.25) is 4.79 Å². The molecule has 0 saturated heterocycles. The second kappa shape index (κ2) is 9.42. The van der Waals surface area contributed by atoms with Gasteiger partial charge in [-0.2, -0.15) is 0 Å². The molecule has 0 aromatic heterocycles. The summed E-state index contributed by atoms with van der Waals surface area (Å²) >= 11 is 0. The molecule has 2 aromatic rings. The molecule has 25 heavy (non-hydrogen) atoms. The maximum atomic E-state index is 12.8.